The largest absolute Gasteiger partial charge is 0.496 e. The van der Waals surface area contributed by atoms with E-state index >= 15 is 0 Å². The van der Waals surface area contributed by atoms with Crippen molar-refractivity contribution < 1.29 is 14.9 Å². The van der Waals surface area contributed by atoms with E-state index in [0.29, 0.717) is 6.54 Å². The Morgan fingerprint density at radius 1 is 1.05 bits per heavy atom. The monoisotopic (exact) mass is 275 g/mol. The summed E-state index contributed by atoms with van der Waals surface area (Å²) in [7, 11) is 1.66. The number of hydrogen-bond acceptors (Lipinski definition) is 4. The summed E-state index contributed by atoms with van der Waals surface area (Å²) >= 11 is 0. The van der Waals surface area contributed by atoms with Crippen molar-refractivity contribution in [2.24, 2.45) is 0 Å². The first kappa shape index (κ1) is 14.8. The Hall–Kier alpha value is -1.62. The molecule has 0 radical (unpaired) electrons. The van der Waals surface area contributed by atoms with Gasteiger partial charge in [-0.3, -0.25) is 0 Å². The molecule has 0 spiro atoms. The average Bonchev–Trinajstić information content (AvgIpc) is 2.52. The molecule has 0 atom stereocenters. The van der Waals surface area contributed by atoms with Gasteiger partial charge in [-0.1, -0.05) is 30.3 Å². The number of methoxy groups -OCH3 is 1. The van der Waals surface area contributed by atoms with E-state index in [1.807, 2.05) is 36.4 Å². The molecule has 0 aliphatic rings. The van der Waals surface area contributed by atoms with E-state index in [-0.39, 0.29) is 13.2 Å². The van der Waals surface area contributed by atoms with Gasteiger partial charge in [0, 0.05) is 11.9 Å². The highest BCUT2D eigenvalue weighted by molar-refractivity contribution is 5.91. The van der Waals surface area contributed by atoms with Crippen LogP contribution in [0, 0.1) is 0 Å². The number of rotatable bonds is 6. The van der Waals surface area contributed by atoms with Gasteiger partial charge < -0.3 is 20.3 Å². The van der Waals surface area contributed by atoms with Gasteiger partial charge in [0.05, 0.1) is 25.9 Å². The number of hydrogen-bond donors (Lipinski definition) is 3. The van der Waals surface area contributed by atoms with Gasteiger partial charge in [0.1, 0.15) is 5.75 Å². The van der Waals surface area contributed by atoms with Crippen LogP contribution < -0.4 is 10.1 Å². The molecule has 20 heavy (non-hydrogen) atoms. The SMILES string of the molecule is COc1ccc(CNC(C)(CO)CO)c2ccccc12. The van der Waals surface area contributed by atoms with E-state index in [1.165, 1.54) is 0 Å². The molecule has 0 aliphatic carbocycles. The average molecular weight is 275 g/mol. The highest BCUT2D eigenvalue weighted by Crippen LogP contribution is 2.28. The number of aliphatic hydroxyl groups excluding tert-OH is 2. The van der Waals surface area contributed by atoms with E-state index in [4.69, 9.17) is 4.74 Å². The maximum Gasteiger partial charge on any atom is 0.126 e. The van der Waals surface area contributed by atoms with E-state index in [1.54, 1.807) is 14.0 Å². The lowest BCUT2D eigenvalue weighted by molar-refractivity contribution is 0.103. The van der Waals surface area contributed by atoms with Gasteiger partial charge in [-0.25, -0.2) is 0 Å². The van der Waals surface area contributed by atoms with Crippen molar-refractivity contribution in [2.45, 2.75) is 19.0 Å². The Morgan fingerprint density at radius 2 is 1.70 bits per heavy atom. The van der Waals surface area contributed by atoms with Crippen LogP contribution in [0.15, 0.2) is 36.4 Å². The van der Waals surface area contributed by atoms with Gasteiger partial charge in [0.25, 0.3) is 0 Å². The fourth-order valence-electron chi connectivity index (χ4n) is 2.14. The second-order valence-electron chi connectivity index (χ2n) is 5.20. The minimum atomic E-state index is -0.680. The number of aliphatic hydroxyl groups is 2. The molecule has 4 heteroatoms. The number of fused-ring (bicyclic) bond motifs is 1. The van der Waals surface area contributed by atoms with Crippen LogP contribution in [0.2, 0.25) is 0 Å². The molecule has 0 aliphatic heterocycles. The second-order valence-corrected chi connectivity index (χ2v) is 5.20. The van der Waals surface area contributed by atoms with Crippen LogP contribution in [-0.2, 0) is 6.54 Å². The Balaban J connectivity index is 2.32. The molecule has 2 aromatic rings. The maximum atomic E-state index is 9.32. The van der Waals surface area contributed by atoms with Crippen molar-refractivity contribution in [3.8, 4) is 5.75 Å². The number of benzene rings is 2. The fourth-order valence-corrected chi connectivity index (χ4v) is 2.14. The Bertz CT molecular complexity index is 579. The summed E-state index contributed by atoms with van der Waals surface area (Å²) < 4.78 is 5.37. The zero-order valence-corrected chi connectivity index (χ0v) is 11.9. The van der Waals surface area contributed by atoms with Gasteiger partial charge in [-0.2, -0.15) is 0 Å². The van der Waals surface area contributed by atoms with E-state index in [0.717, 1.165) is 22.1 Å². The molecule has 2 rings (SSSR count). The predicted octanol–water partition coefficient (Wildman–Crippen LogP) is 1.68. The van der Waals surface area contributed by atoms with Crippen molar-refractivity contribution in [3.63, 3.8) is 0 Å². The van der Waals surface area contributed by atoms with Gasteiger partial charge >= 0.3 is 0 Å². The lowest BCUT2D eigenvalue weighted by Crippen LogP contribution is -2.48. The third kappa shape index (κ3) is 2.93. The third-order valence-corrected chi connectivity index (χ3v) is 3.60. The van der Waals surface area contributed by atoms with E-state index < -0.39 is 5.54 Å². The molecule has 0 saturated carbocycles. The van der Waals surface area contributed by atoms with Crippen molar-refractivity contribution >= 4 is 10.8 Å². The predicted molar refractivity (Wildman–Crippen MR) is 79.9 cm³/mol. The molecule has 108 valence electrons. The molecule has 0 aromatic heterocycles. The Kier molecular flexibility index (Phi) is 4.60. The zero-order valence-electron chi connectivity index (χ0n) is 11.9. The van der Waals surface area contributed by atoms with Gasteiger partial charge in [-0.05, 0) is 23.9 Å². The summed E-state index contributed by atoms with van der Waals surface area (Å²) in [4.78, 5) is 0. The molecular weight excluding hydrogens is 254 g/mol. The van der Waals surface area contributed by atoms with Crippen LogP contribution in [0.4, 0.5) is 0 Å². The van der Waals surface area contributed by atoms with Crippen LogP contribution in [-0.4, -0.2) is 36.1 Å². The third-order valence-electron chi connectivity index (χ3n) is 3.60. The molecule has 0 saturated heterocycles. The summed E-state index contributed by atoms with van der Waals surface area (Å²) in [6.07, 6.45) is 0. The first-order chi connectivity index (χ1) is 9.63. The standard InChI is InChI=1S/C16H21NO3/c1-16(10-18,11-19)17-9-12-7-8-15(20-2)14-6-4-3-5-13(12)14/h3-8,17-19H,9-11H2,1-2H3. The quantitative estimate of drug-likeness (QED) is 0.750. The molecular formula is C16H21NO3. The molecule has 4 nitrogen and oxygen atoms in total. The minimum absolute atomic E-state index is 0.114. The molecule has 2 aromatic carbocycles. The van der Waals surface area contributed by atoms with Crippen LogP contribution in [0.1, 0.15) is 12.5 Å². The summed E-state index contributed by atoms with van der Waals surface area (Å²) in [5, 5.41) is 24.0. The Labute approximate surface area is 119 Å². The summed E-state index contributed by atoms with van der Waals surface area (Å²) in [5.41, 5.74) is 0.427. The summed E-state index contributed by atoms with van der Waals surface area (Å²) in [6, 6.07) is 12.0. The van der Waals surface area contributed by atoms with Gasteiger partial charge in [0.15, 0.2) is 0 Å². The second kappa shape index (κ2) is 6.22. The molecule has 0 amide bonds. The summed E-state index contributed by atoms with van der Waals surface area (Å²) in [6.45, 7) is 2.13. The number of nitrogens with one attached hydrogen (secondary N) is 1. The van der Waals surface area contributed by atoms with Gasteiger partial charge in [0.2, 0.25) is 0 Å². The Morgan fingerprint density at radius 3 is 2.30 bits per heavy atom. The van der Waals surface area contributed by atoms with Gasteiger partial charge in [-0.15, -0.1) is 0 Å². The zero-order chi connectivity index (χ0) is 14.6. The lowest BCUT2D eigenvalue weighted by Gasteiger charge is -2.26. The van der Waals surface area contributed by atoms with Crippen LogP contribution in [0.25, 0.3) is 10.8 Å². The van der Waals surface area contributed by atoms with E-state index in [2.05, 4.69) is 5.32 Å². The maximum absolute atomic E-state index is 9.32. The van der Waals surface area contributed by atoms with Crippen molar-refractivity contribution in [3.05, 3.63) is 42.0 Å². The highest BCUT2D eigenvalue weighted by Gasteiger charge is 2.21. The highest BCUT2D eigenvalue weighted by atomic mass is 16.5. The number of ether oxygens (including phenoxy) is 1. The topological polar surface area (TPSA) is 61.7 Å². The first-order valence-electron chi connectivity index (χ1n) is 6.65. The molecule has 0 fully saturated rings. The van der Waals surface area contributed by atoms with Crippen LogP contribution in [0.3, 0.4) is 0 Å². The molecule has 3 N–H and O–H groups in total. The van der Waals surface area contributed by atoms with E-state index in [9.17, 15) is 10.2 Å². The smallest absolute Gasteiger partial charge is 0.126 e. The van der Waals surface area contributed by atoms with Crippen molar-refractivity contribution in [2.75, 3.05) is 20.3 Å². The fraction of sp³-hybridized carbons (Fsp3) is 0.375. The van der Waals surface area contributed by atoms with Crippen molar-refractivity contribution in [1.29, 1.82) is 0 Å². The van der Waals surface area contributed by atoms with Crippen LogP contribution >= 0.6 is 0 Å². The molecule has 0 heterocycles. The summed E-state index contributed by atoms with van der Waals surface area (Å²) in [5.74, 6) is 0.844. The lowest BCUT2D eigenvalue weighted by atomic mass is 10.0. The van der Waals surface area contributed by atoms with Crippen LogP contribution in [0.5, 0.6) is 5.75 Å². The molecule has 0 bridgehead atoms. The normalized spacial score (nSPS) is 11.8. The minimum Gasteiger partial charge on any atom is -0.496 e. The molecule has 0 unspecified atom stereocenters. The first-order valence-corrected chi connectivity index (χ1v) is 6.65. The van der Waals surface area contributed by atoms with Crippen molar-refractivity contribution in [1.82, 2.24) is 5.32 Å².